The molecule has 1 N–H and O–H groups in total. The summed E-state index contributed by atoms with van der Waals surface area (Å²) in [6.45, 7) is 4.00. The number of nitrogens with one attached hydrogen (secondary N) is 1. The minimum absolute atomic E-state index is 0.905. The third kappa shape index (κ3) is 2.92. The molecule has 0 radical (unpaired) electrons. The van der Waals surface area contributed by atoms with E-state index in [2.05, 4.69) is 55.2 Å². The number of thiazole rings is 1. The van der Waals surface area contributed by atoms with Crippen LogP contribution < -0.4 is 5.32 Å². The van der Waals surface area contributed by atoms with Crippen molar-refractivity contribution in [2.75, 3.05) is 6.54 Å². The van der Waals surface area contributed by atoms with E-state index in [9.17, 15) is 0 Å². The molecule has 2 aromatic heterocycles. The quantitative estimate of drug-likeness (QED) is 0.842. The second-order valence-electron chi connectivity index (χ2n) is 3.14. The molecule has 6 heteroatoms. The summed E-state index contributed by atoms with van der Waals surface area (Å²) in [5.41, 5.74) is 0. The Balaban J connectivity index is 2.18. The number of hydrogen-bond donors (Lipinski definition) is 1. The van der Waals surface area contributed by atoms with Crippen molar-refractivity contribution in [1.82, 2.24) is 10.3 Å². The number of thiophene rings is 1. The predicted octanol–water partition coefficient (Wildman–Crippen LogP) is 4.51. The Morgan fingerprint density at radius 3 is 2.81 bits per heavy atom. The van der Waals surface area contributed by atoms with Crippen molar-refractivity contribution >= 4 is 54.5 Å². The first-order valence-electron chi connectivity index (χ1n) is 4.81. The van der Waals surface area contributed by atoms with E-state index in [0.717, 1.165) is 26.4 Å². The van der Waals surface area contributed by atoms with Crippen LogP contribution in [0.3, 0.4) is 0 Å². The number of hydrogen-bond acceptors (Lipinski definition) is 4. The van der Waals surface area contributed by atoms with Crippen LogP contribution in [0, 0.1) is 0 Å². The molecule has 0 spiro atoms. The van der Waals surface area contributed by atoms with Crippen LogP contribution >= 0.6 is 54.5 Å². The highest BCUT2D eigenvalue weighted by molar-refractivity contribution is 9.13. The Hall–Kier alpha value is 0.250. The van der Waals surface area contributed by atoms with Crippen LogP contribution in [0.5, 0.6) is 0 Å². The monoisotopic (exact) mass is 380 g/mol. The van der Waals surface area contributed by atoms with Gasteiger partial charge in [-0.2, -0.15) is 0 Å². The lowest BCUT2D eigenvalue weighted by atomic mass is 10.5. The zero-order valence-electron chi connectivity index (χ0n) is 8.59. The highest BCUT2D eigenvalue weighted by Gasteiger charge is 2.10. The van der Waals surface area contributed by atoms with Gasteiger partial charge in [-0.25, -0.2) is 4.98 Å². The second-order valence-corrected chi connectivity index (χ2v) is 7.48. The molecule has 0 unspecified atom stereocenters. The lowest BCUT2D eigenvalue weighted by molar-refractivity contribution is 0.734. The SMILES string of the molecule is CCNCc1cnc(-c2cc(Br)c(Br)s2)s1. The highest BCUT2D eigenvalue weighted by Crippen LogP contribution is 2.39. The smallest absolute Gasteiger partial charge is 0.133 e. The van der Waals surface area contributed by atoms with Crippen molar-refractivity contribution in [3.05, 3.63) is 25.4 Å². The van der Waals surface area contributed by atoms with Gasteiger partial charge in [-0.3, -0.25) is 0 Å². The Labute approximate surface area is 119 Å². The van der Waals surface area contributed by atoms with E-state index >= 15 is 0 Å². The molecule has 86 valence electrons. The van der Waals surface area contributed by atoms with Gasteiger partial charge in [-0.05, 0) is 44.5 Å². The average molecular weight is 382 g/mol. The Morgan fingerprint density at radius 1 is 1.38 bits per heavy atom. The first-order valence-corrected chi connectivity index (χ1v) is 8.03. The van der Waals surface area contributed by atoms with Crippen LogP contribution in [0.4, 0.5) is 0 Å². The van der Waals surface area contributed by atoms with Gasteiger partial charge in [0, 0.05) is 22.1 Å². The van der Waals surface area contributed by atoms with Crippen LogP contribution in [0.1, 0.15) is 11.8 Å². The summed E-state index contributed by atoms with van der Waals surface area (Å²) in [6.07, 6.45) is 1.95. The van der Waals surface area contributed by atoms with E-state index in [1.54, 1.807) is 22.7 Å². The van der Waals surface area contributed by atoms with Crippen LogP contribution in [0.2, 0.25) is 0 Å². The summed E-state index contributed by atoms with van der Waals surface area (Å²) in [7, 11) is 0. The molecule has 0 aliphatic carbocycles. The van der Waals surface area contributed by atoms with E-state index in [1.165, 1.54) is 9.75 Å². The standard InChI is InChI=1S/C10H10Br2N2S2/c1-2-13-4-6-5-14-10(15-6)8-3-7(11)9(12)16-8/h3,5,13H,2,4H2,1H3. The molecule has 0 bridgehead atoms. The number of halogens is 2. The summed E-state index contributed by atoms with van der Waals surface area (Å²) in [4.78, 5) is 6.92. The summed E-state index contributed by atoms with van der Waals surface area (Å²) in [5.74, 6) is 0. The van der Waals surface area contributed by atoms with E-state index in [-0.39, 0.29) is 0 Å². The van der Waals surface area contributed by atoms with Gasteiger partial charge in [-0.1, -0.05) is 6.92 Å². The van der Waals surface area contributed by atoms with Crippen molar-refractivity contribution in [3.8, 4) is 9.88 Å². The summed E-state index contributed by atoms with van der Waals surface area (Å²) in [6, 6.07) is 2.10. The van der Waals surface area contributed by atoms with Crippen LogP contribution in [0.25, 0.3) is 9.88 Å². The molecule has 2 heterocycles. The molecule has 2 aromatic rings. The first kappa shape index (κ1) is 12.7. The van der Waals surface area contributed by atoms with Gasteiger partial charge >= 0.3 is 0 Å². The molecule has 0 fully saturated rings. The Bertz CT molecular complexity index is 459. The number of nitrogens with zero attached hydrogens (tertiary/aromatic N) is 1. The molecule has 16 heavy (non-hydrogen) atoms. The van der Waals surface area contributed by atoms with Gasteiger partial charge in [0.15, 0.2) is 0 Å². The number of rotatable bonds is 4. The predicted molar refractivity (Wildman–Crippen MR) is 78.2 cm³/mol. The lowest BCUT2D eigenvalue weighted by Crippen LogP contribution is -2.10. The van der Waals surface area contributed by atoms with Crippen LogP contribution in [-0.4, -0.2) is 11.5 Å². The van der Waals surface area contributed by atoms with E-state index in [1.807, 2.05) is 6.20 Å². The van der Waals surface area contributed by atoms with Gasteiger partial charge in [0.1, 0.15) is 5.01 Å². The third-order valence-electron chi connectivity index (χ3n) is 1.96. The van der Waals surface area contributed by atoms with E-state index < -0.39 is 0 Å². The van der Waals surface area contributed by atoms with Crippen LogP contribution in [-0.2, 0) is 6.54 Å². The maximum Gasteiger partial charge on any atom is 0.133 e. The normalized spacial score (nSPS) is 10.9. The molecule has 0 saturated heterocycles. The zero-order chi connectivity index (χ0) is 11.5. The molecule has 0 aliphatic heterocycles. The Morgan fingerprint density at radius 2 is 2.19 bits per heavy atom. The fourth-order valence-corrected chi connectivity index (χ4v) is 4.17. The maximum atomic E-state index is 4.44. The summed E-state index contributed by atoms with van der Waals surface area (Å²) >= 11 is 10.4. The van der Waals surface area contributed by atoms with E-state index in [4.69, 9.17) is 0 Å². The van der Waals surface area contributed by atoms with Crippen molar-refractivity contribution in [3.63, 3.8) is 0 Å². The molecule has 0 saturated carbocycles. The number of aromatic nitrogens is 1. The molecular weight excluding hydrogens is 372 g/mol. The second kappa shape index (κ2) is 5.73. The maximum absolute atomic E-state index is 4.44. The van der Waals surface area contributed by atoms with Gasteiger partial charge in [-0.15, -0.1) is 22.7 Å². The minimum atomic E-state index is 0.905. The highest BCUT2D eigenvalue weighted by atomic mass is 79.9. The fourth-order valence-electron chi connectivity index (χ4n) is 1.20. The van der Waals surface area contributed by atoms with Gasteiger partial charge in [0.2, 0.25) is 0 Å². The Kier molecular flexibility index (Phi) is 4.55. The summed E-state index contributed by atoms with van der Waals surface area (Å²) < 4.78 is 2.21. The van der Waals surface area contributed by atoms with Crippen molar-refractivity contribution in [2.24, 2.45) is 0 Å². The molecule has 0 aliphatic rings. The van der Waals surface area contributed by atoms with Crippen LogP contribution in [0.15, 0.2) is 20.5 Å². The topological polar surface area (TPSA) is 24.9 Å². The van der Waals surface area contributed by atoms with Gasteiger partial charge < -0.3 is 5.32 Å². The van der Waals surface area contributed by atoms with Gasteiger partial charge in [0.25, 0.3) is 0 Å². The molecular formula is C10H10Br2N2S2. The largest absolute Gasteiger partial charge is 0.312 e. The molecule has 0 amide bonds. The van der Waals surface area contributed by atoms with E-state index in [0.29, 0.717) is 0 Å². The first-order chi connectivity index (χ1) is 7.70. The van der Waals surface area contributed by atoms with Crippen molar-refractivity contribution in [1.29, 1.82) is 0 Å². The lowest BCUT2D eigenvalue weighted by Gasteiger charge is -1.94. The average Bonchev–Trinajstić information content (AvgIpc) is 2.84. The van der Waals surface area contributed by atoms with Crippen molar-refractivity contribution in [2.45, 2.75) is 13.5 Å². The zero-order valence-corrected chi connectivity index (χ0v) is 13.4. The minimum Gasteiger partial charge on any atom is -0.312 e. The molecule has 2 nitrogen and oxygen atoms in total. The summed E-state index contributed by atoms with van der Waals surface area (Å²) in [5, 5.41) is 4.39. The molecule has 2 rings (SSSR count). The third-order valence-corrected chi connectivity index (χ3v) is 6.38. The van der Waals surface area contributed by atoms with Gasteiger partial charge in [0.05, 0.1) is 8.66 Å². The fraction of sp³-hybridized carbons (Fsp3) is 0.300. The van der Waals surface area contributed by atoms with Crippen molar-refractivity contribution < 1.29 is 0 Å². The molecule has 0 aromatic carbocycles. The molecule has 0 atom stereocenters.